The van der Waals surface area contributed by atoms with Crippen molar-refractivity contribution in [3.63, 3.8) is 0 Å². The molecular weight excluding hydrogens is 460 g/mol. The van der Waals surface area contributed by atoms with Crippen molar-refractivity contribution in [1.82, 2.24) is 15.5 Å². The maximum absolute atomic E-state index is 12.7. The Morgan fingerprint density at radius 3 is 2.66 bits per heavy atom. The van der Waals surface area contributed by atoms with Gasteiger partial charge < -0.3 is 15.4 Å². The number of nitrogens with one attached hydrogen (secondary N) is 2. The number of benzene rings is 2. The fraction of sp³-hybridized carbons (Fsp3) is 0.174. The summed E-state index contributed by atoms with van der Waals surface area (Å²) in [4.78, 5) is 13.8. The van der Waals surface area contributed by atoms with Crippen LogP contribution < -0.4 is 15.4 Å². The van der Waals surface area contributed by atoms with E-state index in [1.807, 2.05) is 41.8 Å². The molecule has 0 aliphatic heterocycles. The Kier molecular flexibility index (Phi) is 7.41. The summed E-state index contributed by atoms with van der Waals surface area (Å²) in [6.07, 6.45) is 0. The summed E-state index contributed by atoms with van der Waals surface area (Å²) in [6, 6.07) is 19.7. The molecular formula is C23H22N4O2S3. The Balaban J connectivity index is 1.37. The maximum atomic E-state index is 12.7. The number of anilines is 2. The molecule has 2 aromatic heterocycles. The minimum atomic E-state index is -0.166. The molecule has 164 valence electrons. The highest BCUT2D eigenvalue weighted by Gasteiger charge is 2.18. The van der Waals surface area contributed by atoms with Crippen LogP contribution in [0.5, 0.6) is 5.75 Å². The van der Waals surface area contributed by atoms with Crippen LogP contribution in [0.3, 0.4) is 0 Å². The number of hydrogen-bond acceptors (Lipinski definition) is 8. The van der Waals surface area contributed by atoms with Crippen molar-refractivity contribution in [1.29, 1.82) is 0 Å². The van der Waals surface area contributed by atoms with Gasteiger partial charge in [-0.3, -0.25) is 4.79 Å². The molecule has 1 atom stereocenters. The fourth-order valence-electron chi connectivity index (χ4n) is 3.04. The summed E-state index contributed by atoms with van der Waals surface area (Å²) in [7, 11) is 1.63. The number of thiophene rings is 1. The Bertz CT molecular complexity index is 1160. The molecule has 4 aromatic rings. The zero-order valence-corrected chi connectivity index (χ0v) is 20.0. The molecule has 0 aliphatic rings. The maximum Gasteiger partial charge on any atom is 0.231 e. The van der Waals surface area contributed by atoms with Gasteiger partial charge in [0.25, 0.3) is 0 Å². The molecule has 1 amide bonds. The van der Waals surface area contributed by atoms with E-state index in [1.165, 1.54) is 28.7 Å². The highest BCUT2D eigenvalue weighted by Crippen LogP contribution is 2.32. The van der Waals surface area contributed by atoms with Gasteiger partial charge in [0.05, 0.1) is 24.6 Å². The summed E-state index contributed by atoms with van der Waals surface area (Å²) >= 11 is 4.40. The van der Waals surface area contributed by atoms with Crippen LogP contribution in [-0.2, 0) is 4.79 Å². The number of thioether (sulfide) groups is 1. The van der Waals surface area contributed by atoms with Gasteiger partial charge in [-0.25, -0.2) is 0 Å². The molecule has 2 N–H and O–H groups in total. The number of hydrogen-bond donors (Lipinski definition) is 2. The second-order valence-corrected chi connectivity index (χ2v) is 10.1. The quantitative estimate of drug-likeness (QED) is 0.300. The van der Waals surface area contributed by atoms with Crippen molar-refractivity contribution in [2.45, 2.75) is 17.3 Å². The van der Waals surface area contributed by atoms with Gasteiger partial charge in [0.2, 0.25) is 11.0 Å². The van der Waals surface area contributed by atoms with Gasteiger partial charge in [-0.2, -0.15) is 0 Å². The van der Waals surface area contributed by atoms with Crippen LogP contribution in [0.4, 0.5) is 10.8 Å². The average Bonchev–Trinajstić information content (AvgIpc) is 3.50. The van der Waals surface area contributed by atoms with Gasteiger partial charge in [-0.15, -0.1) is 21.5 Å². The van der Waals surface area contributed by atoms with E-state index in [-0.39, 0.29) is 17.7 Å². The third kappa shape index (κ3) is 5.67. The topological polar surface area (TPSA) is 76.1 Å². The fourth-order valence-corrected chi connectivity index (χ4v) is 5.42. The van der Waals surface area contributed by atoms with E-state index < -0.39 is 0 Å². The molecule has 0 radical (unpaired) electrons. The monoisotopic (exact) mass is 482 g/mol. The number of aromatic nitrogens is 2. The minimum Gasteiger partial charge on any atom is -0.495 e. The summed E-state index contributed by atoms with van der Waals surface area (Å²) in [6.45, 7) is 2.05. The molecule has 2 heterocycles. The van der Waals surface area contributed by atoms with Crippen LogP contribution in [0.25, 0.3) is 0 Å². The number of methoxy groups -OCH3 is 1. The highest BCUT2D eigenvalue weighted by atomic mass is 32.2. The number of aryl methyl sites for hydroxylation is 1. The lowest BCUT2D eigenvalue weighted by atomic mass is 10.0. The molecule has 0 saturated carbocycles. The van der Waals surface area contributed by atoms with Gasteiger partial charge in [0.15, 0.2) is 4.34 Å². The van der Waals surface area contributed by atoms with Gasteiger partial charge in [-0.1, -0.05) is 71.1 Å². The Morgan fingerprint density at radius 1 is 1.09 bits per heavy atom. The van der Waals surface area contributed by atoms with Crippen LogP contribution in [0, 0.1) is 6.92 Å². The minimum absolute atomic E-state index is 0.0524. The summed E-state index contributed by atoms with van der Waals surface area (Å²) < 4.78 is 6.07. The van der Waals surface area contributed by atoms with Crippen molar-refractivity contribution in [2.75, 3.05) is 18.2 Å². The van der Waals surface area contributed by atoms with Gasteiger partial charge in [-0.05, 0) is 36.1 Å². The number of ether oxygens (including phenoxy) is 1. The van der Waals surface area contributed by atoms with Crippen LogP contribution in [-0.4, -0.2) is 29.0 Å². The molecule has 0 saturated heterocycles. The van der Waals surface area contributed by atoms with E-state index in [9.17, 15) is 4.79 Å². The van der Waals surface area contributed by atoms with Crippen molar-refractivity contribution in [2.24, 2.45) is 0 Å². The molecule has 6 nitrogen and oxygen atoms in total. The van der Waals surface area contributed by atoms with E-state index in [0.29, 0.717) is 5.13 Å². The molecule has 0 spiro atoms. The summed E-state index contributed by atoms with van der Waals surface area (Å²) in [5, 5.41) is 17.4. The standard InChI is InChI=1S/C23H22N4O2S3/c1-15-9-11-16(12-10-15)21(19-8-5-13-30-19)25-20(28)14-31-23-27-26-22(32-23)24-17-6-3-4-7-18(17)29-2/h3-13,21H,14H2,1-2H3,(H,24,26)(H,25,28). The number of carbonyl (C=O) groups excluding carboxylic acids is 1. The Morgan fingerprint density at radius 2 is 1.91 bits per heavy atom. The SMILES string of the molecule is COc1ccccc1Nc1nnc(SCC(=O)NC(c2ccc(C)cc2)c2cccs2)s1. The normalized spacial score (nSPS) is 11.7. The second-order valence-electron chi connectivity index (χ2n) is 6.91. The smallest absolute Gasteiger partial charge is 0.231 e. The molecule has 9 heteroatoms. The number of para-hydroxylation sites is 2. The van der Waals surface area contributed by atoms with Crippen molar-refractivity contribution >= 4 is 51.2 Å². The number of nitrogens with zero attached hydrogens (tertiary/aromatic N) is 2. The van der Waals surface area contributed by atoms with E-state index in [2.05, 4.69) is 52.0 Å². The molecule has 32 heavy (non-hydrogen) atoms. The summed E-state index contributed by atoms with van der Waals surface area (Å²) in [5.41, 5.74) is 3.07. The van der Waals surface area contributed by atoms with Crippen molar-refractivity contribution in [3.8, 4) is 5.75 Å². The molecule has 1 unspecified atom stereocenters. The third-order valence-electron chi connectivity index (χ3n) is 4.63. The number of carbonyl (C=O) groups is 1. The van der Waals surface area contributed by atoms with E-state index in [0.717, 1.165) is 26.2 Å². The average molecular weight is 483 g/mol. The van der Waals surface area contributed by atoms with Crippen LogP contribution >= 0.6 is 34.4 Å². The predicted octanol–water partition coefficient (Wildman–Crippen LogP) is 5.66. The van der Waals surface area contributed by atoms with Gasteiger partial charge in [0.1, 0.15) is 5.75 Å². The highest BCUT2D eigenvalue weighted by molar-refractivity contribution is 8.01. The van der Waals surface area contributed by atoms with E-state index in [4.69, 9.17) is 4.74 Å². The lowest BCUT2D eigenvalue weighted by molar-refractivity contribution is -0.119. The van der Waals surface area contributed by atoms with Gasteiger partial charge >= 0.3 is 0 Å². The number of amides is 1. The second kappa shape index (κ2) is 10.6. The van der Waals surface area contributed by atoms with Crippen molar-refractivity contribution < 1.29 is 9.53 Å². The van der Waals surface area contributed by atoms with Crippen LogP contribution in [0.1, 0.15) is 22.0 Å². The van der Waals surface area contributed by atoms with E-state index in [1.54, 1.807) is 18.4 Å². The molecule has 2 aromatic carbocycles. The summed E-state index contributed by atoms with van der Waals surface area (Å²) in [5.74, 6) is 0.937. The first kappa shape index (κ1) is 22.3. The predicted molar refractivity (Wildman–Crippen MR) is 132 cm³/mol. The zero-order chi connectivity index (χ0) is 22.3. The first-order valence-electron chi connectivity index (χ1n) is 9.88. The Labute approximate surface area is 199 Å². The lowest BCUT2D eigenvalue weighted by Crippen LogP contribution is -2.30. The largest absolute Gasteiger partial charge is 0.495 e. The molecule has 0 aliphatic carbocycles. The van der Waals surface area contributed by atoms with E-state index >= 15 is 0 Å². The molecule has 0 fully saturated rings. The first-order valence-corrected chi connectivity index (χ1v) is 12.6. The van der Waals surface area contributed by atoms with Crippen molar-refractivity contribution in [3.05, 3.63) is 82.0 Å². The van der Waals surface area contributed by atoms with Crippen LogP contribution in [0.2, 0.25) is 0 Å². The Hall–Kier alpha value is -2.88. The molecule has 0 bridgehead atoms. The zero-order valence-electron chi connectivity index (χ0n) is 17.6. The molecule has 4 rings (SSSR count). The lowest BCUT2D eigenvalue weighted by Gasteiger charge is -2.18. The number of rotatable bonds is 9. The third-order valence-corrected chi connectivity index (χ3v) is 7.53. The van der Waals surface area contributed by atoms with Gasteiger partial charge in [0, 0.05) is 4.88 Å². The van der Waals surface area contributed by atoms with Crippen LogP contribution in [0.15, 0.2) is 70.4 Å². The first-order chi connectivity index (χ1) is 15.6.